The largest absolute Gasteiger partial charge is 0.507 e. The molecule has 4 nitrogen and oxygen atoms in total. The van der Waals surface area contributed by atoms with E-state index in [2.05, 4.69) is 11.8 Å². The highest BCUT2D eigenvalue weighted by atomic mass is 16.4. The third kappa shape index (κ3) is 3.33. The van der Waals surface area contributed by atoms with E-state index < -0.39 is 5.97 Å². The summed E-state index contributed by atoms with van der Waals surface area (Å²) in [4.78, 5) is 10.4. The Morgan fingerprint density at radius 3 is 2.73 bits per heavy atom. The number of phenols is 1. The number of carboxylic acids is 1. The molecule has 0 aliphatic heterocycles. The zero-order valence-corrected chi connectivity index (χ0v) is 7.90. The fraction of sp³-hybridized carbons (Fsp3) is 0.182. The lowest BCUT2D eigenvalue weighted by atomic mass is 10.1. The summed E-state index contributed by atoms with van der Waals surface area (Å²) in [7, 11) is 0. The van der Waals surface area contributed by atoms with Crippen LogP contribution in [0.3, 0.4) is 0 Å². The van der Waals surface area contributed by atoms with Gasteiger partial charge in [0.1, 0.15) is 12.4 Å². The number of aliphatic hydroxyl groups excluding tert-OH is 1. The van der Waals surface area contributed by atoms with Crippen LogP contribution in [0.4, 0.5) is 0 Å². The normalized spacial score (nSPS) is 9.13. The molecule has 0 atom stereocenters. The quantitative estimate of drug-likeness (QED) is 0.611. The Kier molecular flexibility index (Phi) is 3.72. The van der Waals surface area contributed by atoms with Gasteiger partial charge in [-0.2, -0.15) is 0 Å². The molecule has 4 heteroatoms. The van der Waals surface area contributed by atoms with E-state index in [9.17, 15) is 9.90 Å². The lowest BCUT2D eigenvalue weighted by Crippen LogP contribution is -2.00. The second-order valence-electron chi connectivity index (χ2n) is 2.88. The van der Waals surface area contributed by atoms with Gasteiger partial charge in [-0.3, -0.25) is 4.79 Å². The molecule has 0 unspecified atom stereocenters. The highest BCUT2D eigenvalue weighted by molar-refractivity contribution is 5.70. The van der Waals surface area contributed by atoms with E-state index in [-0.39, 0.29) is 18.8 Å². The molecule has 0 saturated heterocycles. The molecule has 0 amide bonds. The van der Waals surface area contributed by atoms with E-state index in [1.165, 1.54) is 18.2 Å². The maximum atomic E-state index is 10.4. The Morgan fingerprint density at radius 1 is 1.40 bits per heavy atom. The molecule has 0 heterocycles. The number of aliphatic carboxylic acids is 1. The van der Waals surface area contributed by atoms with Gasteiger partial charge in [0.05, 0.1) is 12.0 Å². The fourth-order valence-electron chi connectivity index (χ4n) is 1.10. The van der Waals surface area contributed by atoms with E-state index in [0.717, 1.165) is 0 Å². The lowest BCUT2D eigenvalue weighted by Gasteiger charge is -2.00. The number of hydrogen-bond acceptors (Lipinski definition) is 3. The summed E-state index contributed by atoms with van der Waals surface area (Å²) in [5.41, 5.74) is 0.880. The third-order valence-electron chi connectivity index (χ3n) is 1.72. The van der Waals surface area contributed by atoms with Gasteiger partial charge in [0.2, 0.25) is 0 Å². The van der Waals surface area contributed by atoms with Crippen molar-refractivity contribution in [2.24, 2.45) is 0 Å². The van der Waals surface area contributed by atoms with Crippen molar-refractivity contribution in [3.05, 3.63) is 29.3 Å². The van der Waals surface area contributed by atoms with Crippen LogP contribution in [0.5, 0.6) is 5.75 Å². The first-order valence-corrected chi connectivity index (χ1v) is 4.27. The Hall–Kier alpha value is -1.99. The molecule has 15 heavy (non-hydrogen) atoms. The highest BCUT2D eigenvalue weighted by Crippen LogP contribution is 2.17. The second-order valence-corrected chi connectivity index (χ2v) is 2.88. The van der Waals surface area contributed by atoms with Gasteiger partial charge in [-0.15, -0.1) is 0 Å². The van der Waals surface area contributed by atoms with Gasteiger partial charge in [-0.1, -0.05) is 17.9 Å². The first-order valence-electron chi connectivity index (χ1n) is 4.27. The molecular weight excluding hydrogens is 196 g/mol. The van der Waals surface area contributed by atoms with Gasteiger partial charge in [0.25, 0.3) is 0 Å². The standard InChI is InChI=1S/C11H10O4/c12-5-1-2-9-6-8(7-11(14)15)3-4-10(9)13/h3-4,6,12-13H,5,7H2,(H,14,15). The Morgan fingerprint density at radius 2 is 2.13 bits per heavy atom. The summed E-state index contributed by atoms with van der Waals surface area (Å²) >= 11 is 0. The summed E-state index contributed by atoms with van der Waals surface area (Å²) in [6.45, 7) is -0.303. The fourth-order valence-corrected chi connectivity index (χ4v) is 1.10. The van der Waals surface area contributed by atoms with E-state index in [1.54, 1.807) is 0 Å². The van der Waals surface area contributed by atoms with Crippen LogP contribution >= 0.6 is 0 Å². The average Bonchev–Trinajstić information content (AvgIpc) is 2.18. The topological polar surface area (TPSA) is 77.8 Å². The van der Waals surface area contributed by atoms with Crippen molar-refractivity contribution >= 4 is 5.97 Å². The highest BCUT2D eigenvalue weighted by Gasteiger charge is 2.03. The minimum absolute atomic E-state index is 0.0231. The lowest BCUT2D eigenvalue weighted by molar-refractivity contribution is -0.136. The van der Waals surface area contributed by atoms with Crippen molar-refractivity contribution in [1.29, 1.82) is 0 Å². The van der Waals surface area contributed by atoms with Crippen molar-refractivity contribution in [2.75, 3.05) is 6.61 Å². The molecule has 0 bridgehead atoms. The molecule has 1 aromatic rings. The van der Waals surface area contributed by atoms with Crippen LogP contribution in [0, 0.1) is 11.8 Å². The van der Waals surface area contributed by atoms with Crippen LogP contribution in [0.1, 0.15) is 11.1 Å². The van der Waals surface area contributed by atoms with Crippen LogP contribution in [0.25, 0.3) is 0 Å². The molecule has 0 spiro atoms. The molecular formula is C11H10O4. The predicted molar refractivity (Wildman–Crippen MR) is 53.4 cm³/mol. The molecule has 0 fully saturated rings. The Balaban J connectivity index is 2.99. The molecule has 0 aliphatic carbocycles. The molecule has 1 aromatic carbocycles. The van der Waals surface area contributed by atoms with Crippen LogP contribution in [0.15, 0.2) is 18.2 Å². The first kappa shape index (κ1) is 11.1. The van der Waals surface area contributed by atoms with E-state index in [4.69, 9.17) is 10.2 Å². The van der Waals surface area contributed by atoms with Crippen molar-refractivity contribution in [1.82, 2.24) is 0 Å². The number of aromatic hydroxyl groups is 1. The maximum Gasteiger partial charge on any atom is 0.307 e. The van der Waals surface area contributed by atoms with Gasteiger partial charge in [0.15, 0.2) is 0 Å². The van der Waals surface area contributed by atoms with E-state index >= 15 is 0 Å². The number of benzene rings is 1. The SMILES string of the molecule is O=C(O)Cc1ccc(O)c(C#CCO)c1. The zero-order valence-electron chi connectivity index (χ0n) is 7.90. The molecule has 0 radical (unpaired) electrons. The van der Waals surface area contributed by atoms with Crippen molar-refractivity contribution in [2.45, 2.75) is 6.42 Å². The number of hydrogen-bond donors (Lipinski definition) is 3. The smallest absolute Gasteiger partial charge is 0.307 e. The number of aliphatic hydroxyl groups is 1. The van der Waals surface area contributed by atoms with E-state index in [0.29, 0.717) is 11.1 Å². The molecule has 1 rings (SSSR count). The predicted octanol–water partition coefficient (Wildman–Crippen LogP) is 0.363. The summed E-state index contributed by atoms with van der Waals surface area (Å²) < 4.78 is 0. The van der Waals surface area contributed by atoms with Gasteiger partial charge in [-0.05, 0) is 17.7 Å². The number of carbonyl (C=O) groups is 1. The molecule has 0 saturated carbocycles. The maximum absolute atomic E-state index is 10.4. The summed E-state index contributed by atoms with van der Waals surface area (Å²) in [6, 6.07) is 4.40. The minimum Gasteiger partial charge on any atom is -0.507 e. The van der Waals surface area contributed by atoms with Crippen LogP contribution < -0.4 is 0 Å². The average molecular weight is 206 g/mol. The summed E-state index contributed by atoms with van der Waals surface area (Å²) in [6.07, 6.45) is -0.117. The van der Waals surface area contributed by atoms with Crippen molar-refractivity contribution in [3.8, 4) is 17.6 Å². The number of carboxylic acid groups (broad SMARTS) is 1. The zero-order chi connectivity index (χ0) is 11.3. The number of phenolic OH excluding ortho intramolecular Hbond substituents is 1. The monoisotopic (exact) mass is 206 g/mol. The van der Waals surface area contributed by atoms with Gasteiger partial charge < -0.3 is 15.3 Å². The van der Waals surface area contributed by atoms with Gasteiger partial charge in [-0.25, -0.2) is 0 Å². The Labute approximate surface area is 86.8 Å². The molecule has 3 N–H and O–H groups in total. The van der Waals surface area contributed by atoms with Crippen LogP contribution in [-0.4, -0.2) is 27.9 Å². The molecule has 78 valence electrons. The third-order valence-corrected chi connectivity index (χ3v) is 1.72. The van der Waals surface area contributed by atoms with Crippen molar-refractivity contribution < 1.29 is 20.1 Å². The van der Waals surface area contributed by atoms with E-state index in [1.807, 2.05) is 0 Å². The summed E-state index contributed by atoms with van der Waals surface area (Å²) in [5, 5.41) is 26.4. The van der Waals surface area contributed by atoms with Crippen molar-refractivity contribution in [3.63, 3.8) is 0 Å². The number of rotatable bonds is 2. The van der Waals surface area contributed by atoms with Crippen LogP contribution in [0.2, 0.25) is 0 Å². The second kappa shape index (κ2) is 5.03. The Bertz CT molecular complexity index is 426. The molecule has 0 aliphatic rings. The van der Waals surface area contributed by atoms with Gasteiger partial charge in [0, 0.05) is 0 Å². The van der Waals surface area contributed by atoms with Gasteiger partial charge >= 0.3 is 5.97 Å². The van der Waals surface area contributed by atoms with Crippen LogP contribution in [-0.2, 0) is 11.2 Å². The summed E-state index contributed by atoms with van der Waals surface area (Å²) in [5.74, 6) is 3.95. The first-order chi connectivity index (χ1) is 7.13. The minimum atomic E-state index is -0.943. The molecule has 0 aromatic heterocycles.